The molecule has 0 aliphatic rings. The van der Waals surface area contributed by atoms with Crippen molar-refractivity contribution in [1.82, 2.24) is 9.38 Å². The zero-order valence-corrected chi connectivity index (χ0v) is 12.4. The SMILES string of the molecule is Cc1ccc(-c2nc3c(C)cccn3c2/C=C/C(=O)O)cc1. The quantitative estimate of drug-likeness (QED) is 0.749. The summed E-state index contributed by atoms with van der Waals surface area (Å²) in [5, 5.41) is 8.92. The standard InChI is InChI=1S/C18H16N2O2/c1-12-5-7-14(8-6-12)17-15(9-10-16(21)22)20-11-3-4-13(2)18(20)19-17/h3-11H,1-2H3,(H,21,22)/b10-9+. The van der Waals surface area contributed by atoms with Crippen molar-refractivity contribution >= 4 is 17.7 Å². The van der Waals surface area contributed by atoms with Gasteiger partial charge in [0.05, 0.1) is 11.4 Å². The van der Waals surface area contributed by atoms with Crippen LogP contribution in [0.2, 0.25) is 0 Å². The number of benzene rings is 1. The number of imidazole rings is 1. The summed E-state index contributed by atoms with van der Waals surface area (Å²) < 4.78 is 1.92. The van der Waals surface area contributed by atoms with Crippen molar-refractivity contribution in [3.63, 3.8) is 0 Å². The summed E-state index contributed by atoms with van der Waals surface area (Å²) in [6.07, 6.45) is 4.63. The Bertz CT molecular complexity index is 874. The summed E-state index contributed by atoms with van der Waals surface area (Å²) in [5.74, 6) is -0.975. The summed E-state index contributed by atoms with van der Waals surface area (Å²) in [6, 6.07) is 12.0. The van der Waals surface area contributed by atoms with Crippen LogP contribution in [-0.2, 0) is 4.79 Å². The van der Waals surface area contributed by atoms with Crippen LogP contribution in [0, 0.1) is 13.8 Å². The highest BCUT2D eigenvalue weighted by molar-refractivity contribution is 5.87. The number of hydrogen-bond acceptors (Lipinski definition) is 2. The lowest BCUT2D eigenvalue weighted by atomic mass is 10.1. The van der Waals surface area contributed by atoms with Crippen LogP contribution in [0.5, 0.6) is 0 Å². The van der Waals surface area contributed by atoms with E-state index in [9.17, 15) is 4.79 Å². The Morgan fingerprint density at radius 3 is 2.59 bits per heavy atom. The van der Waals surface area contributed by atoms with E-state index in [4.69, 9.17) is 10.1 Å². The minimum Gasteiger partial charge on any atom is -0.478 e. The molecule has 1 N–H and O–H groups in total. The number of aromatic nitrogens is 2. The molecular weight excluding hydrogens is 276 g/mol. The number of hydrogen-bond donors (Lipinski definition) is 1. The molecule has 0 unspecified atom stereocenters. The predicted molar refractivity (Wildman–Crippen MR) is 86.8 cm³/mol. The Hall–Kier alpha value is -2.88. The summed E-state index contributed by atoms with van der Waals surface area (Å²) in [7, 11) is 0. The Kier molecular flexibility index (Phi) is 3.51. The average Bonchev–Trinajstić information content (AvgIpc) is 2.86. The van der Waals surface area contributed by atoms with Crippen LogP contribution < -0.4 is 0 Å². The first-order valence-electron chi connectivity index (χ1n) is 7.02. The third-order valence-corrected chi connectivity index (χ3v) is 3.59. The molecule has 110 valence electrons. The molecule has 3 rings (SSSR count). The topological polar surface area (TPSA) is 54.6 Å². The monoisotopic (exact) mass is 292 g/mol. The van der Waals surface area contributed by atoms with Gasteiger partial charge in [-0.2, -0.15) is 0 Å². The Balaban J connectivity index is 2.28. The van der Waals surface area contributed by atoms with E-state index in [1.54, 1.807) is 6.08 Å². The molecule has 0 saturated carbocycles. The fourth-order valence-corrected chi connectivity index (χ4v) is 2.46. The van der Waals surface area contributed by atoms with Crippen LogP contribution in [0.3, 0.4) is 0 Å². The molecule has 0 bridgehead atoms. The van der Waals surface area contributed by atoms with E-state index < -0.39 is 5.97 Å². The Morgan fingerprint density at radius 1 is 1.18 bits per heavy atom. The second-order valence-corrected chi connectivity index (χ2v) is 5.27. The normalized spacial score (nSPS) is 11.4. The molecule has 4 nitrogen and oxygen atoms in total. The summed E-state index contributed by atoms with van der Waals surface area (Å²) in [6.45, 7) is 4.02. The minimum atomic E-state index is -0.975. The van der Waals surface area contributed by atoms with Gasteiger partial charge in [0.2, 0.25) is 0 Å². The number of pyridine rings is 1. The summed E-state index contributed by atoms with van der Waals surface area (Å²) in [4.78, 5) is 15.6. The maximum atomic E-state index is 10.9. The van der Waals surface area contributed by atoms with Gasteiger partial charge in [-0.05, 0) is 31.6 Å². The van der Waals surface area contributed by atoms with Crippen molar-refractivity contribution in [2.75, 3.05) is 0 Å². The molecule has 0 saturated heterocycles. The molecule has 4 heteroatoms. The maximum absolute atomic E-state index is 10.9. The molecule has 22 heavy (non-hydrogen) atoms. The van der Waals surface area contributed by atoms with Crippen LogP contribution in [-0.4, -0.2) is 20.5 Å². The van der Waals surface area contributed by atoms with Gasteiger partial charge in [-0.25, -0.2) is 9.78 Å². The Morgan fingerprint density at radius 2 is 1.91 bits per heavy atom. The van der Waals surface area contributed by atoms with E-state index in [2.05, 4.69) is 0 Å². The van der Waals surface area contributed by atoms with Gasteiger partial charge in [0.25, 0.3) is 0 Å². The first-order valence-corrected chi connectivity index (χ1v) is 7.02. The molecule has 0 atom stereocenters. The number of carbonyl (C=O) groups is 1. The number of aryl methyl sites for hydroxylation is 2. The van der Waals surface area contributed by atoms with Gasteiger partial charge in [0, 0.05) is 17.8 Å². The molecule has 3 aromatic rings. The molecule has 0 spiro atoms. The molecule has 0 amide bonds. The first-order chi connectivity index (χ1) is 10.6. The van der Waals surface area contributed by atoms with Crippen molar-refractivity contribution in [2.24, 2.45) is 0 Å². The van der Waals surface area contributed by atoms with E-state index >= 15 is 0 Å². The number of carboxylic acid groups (broad SMARTS) is 1. The van der Waals surface area contributed by atoms with E-state index in [1.165, 1.54) is 5.56 Å². The molecule has 0 radical (unpaired) electrons. The van der Waals surface area contributed by atoms with E-state index in [0.29, 0.717) is 0 Å². The summed E-state index contributed by atoms with van der Waals surface area (Å²) in [5.41, 5.74) is 5.58. The van der Waals surface area contributed by atoms with Crippen LogP contribution >= 0.6 is 0 Å². The second-order valence-electron chi connectivity index (χ2n) is 5.27. The zero-order valence-electron chi connectivity index (χ0n) is 12.4. The minimum absolute atomic E-state index is 0.768. The number of carboxylic acids is 1. The largest absolute Gasteiger partial charge is 0.478 e. The molecule has 2 aromatic heterocycles. The van der Waals surface area contributed by atoms with Crippen LogP contribution in [0.1, 0.15) is 16.8 Å². The van der Waals surface area contributed by atoms with E-state index in [1.807, 2.05) is 60.8 Å². The molecular formula is C18H16N2O2. The average molecular weight is 292 g/mol. The number of aliphatic carboxylic acids is 1. The van der Waals surface area contributed by atoms with Gasteiger partial charge in [0.15, 0.2) is 0 Å². The van der Waals surface area contributed by atoms with Crippen molar-refractivity contribution in [2.45, 2.75) is 13.8 Å². The van der Waals surface area contributed by atoms with Gasteiger partial charge < -0.3 is 5.11 Å². The number of fused-ring (bicyclic) bond motifs is 1. The van der Waals surface area contributed by atoms with Crippen LogP contribution in [0.15, 0.2) is 48.7 Å². The molecule has 2 heterocycles. The maximum Gasteiger partial charge on any atom is 0.328 e. The third kappa shape index (κ3) is 2.51. The van der Waals surface area contributed by atoms with Crippen molar-refractivity contribution in [1.29, 1.82) is 0 Å². The van der Waals surface area contributed by atoms with Gasteiger partial charge in [-0.15, -0.1) is 0 Å². The first kappa shape index (κ1) is 14.1. The fraction of sp³-hybridized carbons (Fsp3) is 0.111. The lowest BCUT2D eigenvalue weighted by molar-refractivity contribution is -0.131. The zero-order chi connectivity index (χ0) is 15.7. The molecule has 0 fully saturated rings. The van der Waals surface area contributed by atoms with E-state index in [0.717, 1.165) is 34.2 Å². The highest BCUT2D eigenvalue weighted by Gasteiger charge is 2.13. The van der Waals surface area contributed by atoms with Crippen molar-refractivity contribution in [3.8, 4) is 11.3 Å². The van der Waals surface area contributed by atoms with Crippen molar-refractivity contribution in [3.05, 3.63) is 65.5 Å². The second kappa shape index (κ2) is 5.48. The summed E-state index contributed by atoms with van der Waals surface area (Å²) >= 11 is 0. The van der Waals surface area contributed by atoms with Crippen LogP contribution in [0.25, 0.3) is 23.0 Å². The molecule has 1 aromatic carbocycles. The van der Waals surface area contributed by atoms with Gasteiger partial charge >= 0.3 is 5.97 Å². The number of rotatable bonds is 3. The lowest BCUT2D eigenvalue weighted by Crippen LogP contribution is -1.91. The van der Waals surface area contributed by atoms with Crippen LogP contribution in [0.4, 0.5) is 0 Å². The molecule has 0 aliphatic heterocycles. The van der Waals surface area contributed by atoms with Gasteiger partial charge in [0.1, 0.15) is 5.65 Å². The predicted octanol–water partition coefficient (Wildman–Crippen LogP) is 3.72. The van der Waals surface area contributed by atoms with Crippen molar-refractivity contribution < 1.29 is 9.90 Å². The fourth-order valence-electron chi connectivity index (χ4n) is 2.46. The highest BCUT2D eigenvalue weighted by atomic mass is 16.4. The Labute approximate surface area is 128 Å². The number of nitrogens with zero attached hydrogens (tertiary/aromatic N) is 2. The van der Waals surface area contributed by atoms with Gasteiger partial charge in [-0.3, -0.25) is 4.40 Å². The molecule has 0 aliphatic carbocycles. The van der Waals surface area contributed by atoms with E-state index in [-0.39, 0.29) is 0 Å². The van der Waals surface area contributed by atoms with Gasteiger partial charge in [-0.1, -0.05) is 35.9 Å². The smallest absolute Gasteiger partial charge is 0.328 e. The lowest BCUT2D eigenvalue weighted by Gasteiger charge is -2.01. The highest BCUT2D eigenvalue weighted by Crippen LogP contribution is 2.27. The third-order valence-electron chi connectivity index (χ3n) is 3.59.